The molecule has 10 nitrogen and oxygen atoms in total. The fourth-order valence-corrected chi connectivity index (χ4v) is 6.13. The molecule has 1 aliphatic rings. The summed E-state index contributed by atoms with van der Waals surface area (Å²) in [6.07, 6.45) is -6.72. The number of hydrogen-bond donors (Lipinski definition) is 0. The van der Waals surface area contributed by atoms with Crippen molar-refractivity contribution in [1.29, 1.82) is 0 Å². The molecular formula is C35H30O10S. The van der Waals surface area contributed by atoms with E-state index in [9.17, 15) is 23.4 Å². The van der Waals surface area contributed by atoms with E-state index in [1.54, 1.807) is 78.9 Å². The molecule has 1 aliphatic heterocycles. The molecule has 0 saturated carbocycles. The van der Waals surface area contributed by atoms with Crippen LogP contribution in [0.3, 0.4) is 0 Å². The Morgan fingerprint density at radius 1 is 0.587 bits per heavy atom. The van der Waals surface area contributed by atoms with Gasteiger partial charge in [0.1, 0.15) is 0 Å². The van der Waals surface area contributed by atoms with E-state index in [-0.39, 0.29) is 21.6 Å². The Morgan fingerprint density at radius 3 is 1.43 bits per heavy atom. The van der Waals surface area contributed by atoms with E-state index in [1.807, 2.05) is 6.92 Å². The minimum Gasteiger partial charge on any atom is -0.467 e. The smallest absolute Gasteiger partial charge is 0.339 e. The highest BCUT2D eigenvalue weighted by Crippen LogP contribution is 2.34. The van der Waals surface area contributed by atoms with Crippen molar-refractivity contribution in [3.05, 3.63) is 138 Å². The lowest BCUT2D eigenvalue weighted by atomic mass is 9.98. The van der Waals surface area contributed by atoms with Gasteiger partial charge >= 0.3 is 23.9 Å². The van der Waals surface area contributed by atoms with E-state index in [0.717, 1.165) is 12.7 Å². The number of ether oxygens (including phenoxy) is 5. The first-order valence-electron chi connectivity index (χ1n) is 14.3. The molecule has 46 heavy (non-hydrogen) atoms. The molecule has 5 rings (SSSR count). The van der Waals surface area contributed by atoms with Gasteiger partial charge in [0.05, 0.1) is 34.6 Å². The van der Waals surface area contributed by atoms with Crippen molar-refractivity contribution in [2.75, 3.05) is 7.11 Å². The summed E-state index contributed by atoms with van der Waals surface area (Å²) in [5.41, 5.74) is -0.279. The van der Waals surface area contributed by atoms with E-state index in [4.69, 9.17) is 23.7 Å². The number of esters is 4. The molecule has 1 unspecified atom stereocenters. The summed E-state index contributed by atoms with van der Waals surface area (Å²) in [5.74, 6) is -3.61. The fourth-order valence-electron chi connectivity index (χ4n) is 4.78. The van der Waals surface area contributed by atoms with Gasteiger partial charge in [-0.3, -0.25) is 4.21 Å². The monoisotopic (exact) mass is 642 g/mol. The number of hydrogen-bond acceptors (Lipinski definition) is 10. The van der Waals surface area contributed by atoms with Crippen LogP contribution in [0.4, 0.5) is 0 Å². The molecule has 4 aromatic rings. The lowest BCUT2D eigenvalue weighted by Gasteiger charge is -2.43. The molecule has 1 fully saturated rings. The number of rotatable bonds is 9. The molecule has 11 heteroatoms. The zero-order valence-corrected chi connectivity index (χ0v) is 25.7. The highest BCUT2D eigenvalue weighted by Gasteiger charge is 2.57. The average Bonchev–Trinajstić information content (AvgIpc) is 3.10. The van der Waals surface area contributed by atoms with Crippen LogP contribution in [0.25, 0.3) is 0 Å². The first kappa shape index (κ1) is 32.3. The average molecular weight is 643 g/mol. The zero-order chi connectivity index (χ0) is 32.6. The van der Waals surface area contributed by atoms with Gasteiger partial charge in [-0.05, 0) is 55.5 Å². The Kier molecular flexibility index (Phi) is 10.4. The molecule has 4 aromatic carbocycles. The summed E-state index contributed by atoms with van der Waals surface area (Å²) < 4.78 is 42.8. The van der Waals surface area contributed by atoms with E-state index in [1.165, 1.54) is 36.4 Å². The van der Waals surface area contributed by atoms with E-state index in [2.05, 4.69) is 0 Å². The third kappa shape index (κ3) is 7.39. The number of methoxy groups -OCH3 is 1. The predicted molar refractivity (Wildman–Crippen MR) is 165 cm³/mol. The van der Waals surface area contributed by atoms with Crippen molar-refractivity contribution in [2.45, 2.75) is 41.7 Å². The number of benzene rings is 4. The molecule has 6 atom stereocenters. The van der Waals surface area contributed by atoms with Gasteiger partial charge in [0.2, 0.25) is 0 Å². The third-order valence-corrected chi connectivity index (χ3v) is 8.69. The molecule has 1 saturated heterocycles. The standard InChI is InChI=1S/C35H30O10S/c1-22-18-20-26(21-19-22)46(40)35-30(44-33(38)25-16-10-5-11-17-25)28(43-32(37)24-14-8-4-9-15-24)27(29(45-35)34(39)41-2)42-31(36)23-12-6-3-7-13-23/h3-21,27-30,35H,1-2H3/t27-,28-,29-,30+,35-,46?/m0/s1. The van der Waals surface area contributed by atoms with Gasteiger partial charge < -0.3 is 23.7 Å². The van der Waals surface area contributed by atoms with Crippen LogP contribution in [0.5, 0.6) is 0 Å². The van der Waals surface area contributed by atoms with Crippen molar-refractivity contribution >= 4 is 34.7 Å². The van der Waals surface area contributed by atoms with Crippen LogP contribution in [-0.2, 0) is 39.3 Å². The van der Waals surface area contributed by atoms with Gasteiger partial charge in [-0.1, -0.05) is 72.3 Å². The molecule has 0 spiro atoms. The summed E-state index contributed by atoms with van der Waals surface area (Å²) in [6.45, 7) is 1.85. The summed E-state index contributed by atoms with van der Waals surface area (Å²) >= 11 is 0. The first-order valence-corrected chi connectivity index (χ1v) is 15.5. The number of carbonyl (C=O) groups is 4. The fraction of sp³-hybridized carbons (Fsp3) is 0.200. The molecule has 0 amide bonds. The summed E-state index contributed by atoms with van der Waals surface area (Å²) in [4.78, 5) is 53.8. The van der Waals surface area contributed by atoms with Crippen LogP contribution < -0.4 is 0 Å². The second kappa shape index (κ2) is 14.8. The third-order valence-electron chi connectivity index (χ3n) is 7.15. The van der Waals surface area contributed by atoms with Gasteiger partial charge in [0, 0.05) is 4.90 Å². The molecule has 0 bridgehead atoms. The van der Waals surface area contributed by atoms with Crippen LogP contribution in [0.1, 0.15) is 36.6 Å². The molecular weight excluding hydrogens is 612 g/mol. The van der Waals surface area contributed by atoms with E-state index < -0.39 is 64.5 Å². The van der Waals surface area contributed by atoms with Crippen LogP contribution in [0.2, 0.25) is 0 Å². The quantitative estimate of drug-likeness (QED) is 0.187. The van der Waals surface area contributed by atoms with Crippen molar-refractivity contribution in [3.8, 4) is 0 Å². The van der Waals surface area contributed by atoms with Gasteiger partial charge in [-0.15, -0.1) is 0 Å². The summed E-state index contributed by atoms with van der Waals surface area (Å²) in [5, 5.41) is 0. The zero-order valence-electron chi connectivity index (χ0n) is 24.8. The second-order valence-corrected chi connectivity index (χ2v) is 11.8. The van der Waals surface area contributed by atoms with Gasteiger partial charge in [-0.2, -0.15) is 0 Å². The predicted octanol–water partition coefficient (Wildman–Crippen LogP) is 4.68. The molecule has 0 N–H and O–H groups in total. The van der Waals surface area contributed by atoms with Crippen LogP contribution in [0, 0.1) is 6.92 Å². The molecule has 0 aromatic heterocycles. The highest BCUT2D eigenvalue weighted by molar-refractivity contribution is 7.85. The number of carbonyl (C=O) groups excluding carboxylic acids is 4. The lowest BCUT2D eigenvalue weighted by molar-refractivity contribution is -0.212. The van der Waals surface area contributed by atoms with Crippen molar-refractivity contribution in [2.24, 2.45) is 0 Å². The van der Waals surface area contributed by atoms with Gasteiger partial charge in [0.15, 0.2) is 29.9 Å². The minimum atomic E-state index is -2.10. The van der Waals surface area contributed by atoms with Crippen molar-refractivity contribution < 1.29 is 47.1 Å². The number of aryl methyl sites for hydroxylation is 1. The summed E-state index contributed by atoms with van der Waals surface area (Å²) in [7, 11) is -1.01. The SMILES string of the molecule is COC(=O)[C@H]1O[C@@H](S(=O)c2ccc(C)cc2)[C@H](OC(=O)c2ccccc2)[C@@H](OC(=O)c2ccccc2)[C@@H]1OC(=O)c1ccccc1. The van der Waals surface area contributed by atoms with Gasteiger partial charge in [0.25, 0.3) is 0 Å². The minimum absolute atomic E-state index is 0.126. The maximum absolute atomic E-state index is 14.1. The van der Waals surface area contributed by atoms with E-state index >= 15 is 0 Å². The largest absolute Gasteiger partial charge is 0.467 e. The van der Waals surface area contributed by atoms with Gasteiger partial charge in [-0.25, -0.2) is 19.2 Å². The van der Waals surface area contributed by atoms with Crippen LogP contribution in [-0.4, -0.2) is 65.0 Å². The maximum Gasteiger partial charge on any atom is 0.339 e. The van der Waals surface area contributed by atoms with Crippen molar-refractivity contribution in [3.63, 3.8) is 0 Å². The Balaban J connectivity index is 1.63. The Labute approximate surface area is 267 Å². The summed E-state index contributed by atoms with van der Waals surface area (Å²) in [6, 6.07) is 30.5. The van der Waals surface area contributed by atoms with Crippen LogP contribution >= 0.6 is 0 Å². The molecule has 0 radical (unpaired) electrons. The second-order valence-electron chi connectivity index (χ2n) is 10.3. The van der Waals surface area contributed by atoms with Crippen molar-refractivity contribution in [1.82, 2.24) is 0 Å². The normalized spacial score (nSPS) is 21.3. The molecule has 0 aliphatic carbocycles. The highest BCUT2D eigenvalue weighted by atomic mass is 32.2. The Morgan fingerprint density at radius 2 is 1.00 bits per heavy atom. The maximum atomic E-state index is 14.1. The lowest BCUT2D eigenvalue weighted by Crippen LogP contribution is -2.64. The molecule has 236 valence electrons. The molecule has 1 heterocycles. The van der Waals surface area contributed by atoms with Crippen LogP contribution in [0.15, 0.2) is 120 Å². The Bertz CT molecular complexity index is 1690. The first-order chi connectivity index (χ1) is 22.3. The topological polar surface area (TPSA) is 132 Å². The Hall–Kier alpha value is -5.13. The van der Waals surface area contributed by atoms with E-state index in [0.29, 0.717) is 0 Å².